The van der Waals surface area contributed by atoms with Crippen LogP contribution in [0, 0.1) is 0 Å². The molecule has 1 aliphatic carbocycles. The van der Waals surface area contributed by atoms with E-state index in [2.05, 4.69) is 20.6 Å². The van der Waals surface area contributed by atoms with Crippen molar-refractivity contribution in [1.29, 1.82) is 0 Å². The summed E-state index contributed by atoms with van der Waals surface area (Å²) < 4.78 is 46.7. The number of aryl methyl sites for hydroxylation is 1. The van der Waals surface area contributed by atoms with Gasteiger partial charge in [-0.3, -0.25) is 9.69 Å². The third-order valence-corrected chi connectivity index (χ3v) is 8.38. The van der Waals surface area contributed by atoms with Crippen LogP contribution in [0.1, 0.15) is 56.2 Å². The van der Waals surface area contributed by atoms with Gasteiger partial charge in [0.25, 0.3) is 0 Å². The molecular formula is C31H32F3N5O4. The Balaban J connectivity index is 1.30. The van der Waals surface area contributed by atoms with Crippen LogP contribution in [0.15, 0.2) is 48.8 Å². The average Bonchev–Trinajstić information content (AvgIpc) is 3.36. The Morgan fingerprint density at radius 3 is 2.70 bits per heavy atom. The van der Waals surface area contributed by atoms with Crippen molar-refractivity contribution in [3.05, 3.63) is 65.5 Å². The molecule has 3 heterocycles. The van der Waals surface area contributed by atoms with E-state index in [-0.39, 0.29) is 23.0 Å². The summed E-state index contributed by atoms with van der Waals surface area (Å²) in [6, 6.07) is 9.42. The number of cyclic esters (lactones) is 1. The third-order valence-electron chi connectivity index (χ3n) is 8.38. The highest BCUT2D eigenvalue weighted by molar-refractivity contribution is 6.00. The van der Waals surface area contributed by atoms with Crippen LogP contribution in [0.2, 0.25) is 0 Å². The van der Waals surface area contributed by atoms with Gasteiger partial charge in [-0.05, 0) is 68.9 Å². The molecule has 43 heavy (non-hydrogen) atoms. The summed E-state index contributed by atoms with van der Waals surface area (Å²) in [4.78, 5) is 36.2. The highest BCUT2D eigenvalue weighted by Gasteiger charge is 2.49. The van der Waals surface area contributed by atoms with Gasteiger partial charge in [0.15, 0.2) is 0 Å². The number of carbonyl (C=O) groups is 2. The Morgan fingerprint density at radius 1 is 1.09 bits per heavy atom. The maximum Gasteiger partial charge on any atom is 0.416 e. The Hall–Kier alpha value is -4.19. The lowest BCUT2D eigenvalue weighted by Crippen LogP contribution is -2.54. The van der Waals surface area contributed by atoms with E-state index < -0.39 is 41.5 Å². The first kappa shape index (κ1) is 28.9. The Labute approximate surface area is 246 Å². The zero-order valence-corrected chi connectivity index (χ0v) is 23.7. The largest absolute Gasteiger partial charge is 0.443 e. The number of hydrogen-bond donors (Lipinski definition) is 3. The van der Waals surface area contributed by atoms with Gasteiger partial charge in [0, 0.05) is 36.2 Å². The first-order valence-electron chi connectivity index (χ1n) is 14.3. The number of aliphatic hydroxyl groups is 1. The molecule has 12 heteroatoms. The van der Waals surface area contributed by atoms with E-state index in [1.807, 2.05) is 32.0 Å². The summed E-state index contributed by atoms with van der Waals surface area (Å²) in [6.45, 7) is 3.62. The number of halogens is 3. The Morgan fingerprint density at radius 2 is 1.91 bits per heavy atom. The van der Waals surface area contributed by atoms with Crippen molar-refractivity contribution < 1.29 is 32.6 Å². The zero-order chi connectivity index (χ0) is 30.5. The first-order chi connectivity index (χ1) is 20.4. The van der Waals surface area contributed by atoms with Crippen LogP contribution in [0.5, 0.6) is 0 Å². The molecule has 9 nitrogen and oxygen atoms in total. The second-order valence-electron chi connectivity index (χ2n) is 12.0. The fourth-order valence-electron chi connectivity index (χ4n) is 6.38. The van der Waals surface area contributed by atoms with Crippen molar-refractivity contribution in [2.45, 2.75) is 82.3 Å². The topological polar surface area (TPSA) is 117 Å². The second kappa shape index (κ2) is 10.8. The fourth-order valence-corrected chi connectivity index (χ4v) is 6.38. The number of nitrogens with one attached hydrogen (secondary N) is 2. The Bertz CT molecular complexity index is 1580. The maximum atomic E-state index is 13.7. The number of amides is 2. The molecule has 2 amide bonds. The molecule has 3 aliphatic rings. The molecule has 0 radical (unpaired) electrons. The number of alkyl halides is 3. The zero-order valence-electron chi connectivity index (χ0n) is 23.7. The molecule has 2 aromatic carbocycles. The van der Waals surface area contributed by atoms with Crippen LogP contribution in [-0.4, -0.2) is 55.8 Å². The van der Waals surface area contributed by atoms with Gasteiger partial charge < -0.3 is 20.5 Å². The molecule has 3 atom stereocenters. The fraction of sp³-hybridized carbons (Fsp3) is 0.419. The van der Waals surface area contributed by atoms with E-state index in [0.29, 0.717) is 37.9 Å². The Kier molecular flexibility index (Phi) is 7.27. The van der Waals surface area contributed by atoms with Gasteiger partial charge >= 0.3 is 12.3 Å². The molecule has 1 aromatic heterocycles. The van der Waals surface area contributed by atoms with Gasteiger partial charge in [0.1, 0.15) is 23.8 Å². The minimum Gasteiger partial charge on any atom is -0.443 e. The standard InChI is InChI=1S/C31H32F3N5O4/c1-30(2)15-19-8-11-26(39(19)29(42)43-30)28(41)38-25-12-18(31(32,33)34)7-10-21(25)24-14-27(36-16-35-24)37-23-5-3-4-17-6-9-20(40)13-22(17)23/h3-5,7,10,12,14,16,19-20,26,40H,6,8-9,11,13,15H2,1-2H3,(H,38,41)(H,35,36,37)/t19?,20?,26-/m0/s1. The summed E-state index contributed by atoms with van der Waals surface area (Å²) in [5.74, 6) is -0.199. The first-order valence-corrected chi connectivity index (χ1v) is 14.3. The summed E-state index contributed by atoms with van der Waals surface area (Å²) in [5.41, 5.74) is 1.76. The van der Waals surface area contributed by atoms with Crippen molar-refractivity contribution in [1.82, 2.24) is 14.9 Å². The lowest BCUT2D eigenvalue weighted by atomic mass is 9.88. The number of nitrogens with zero attached hydrogens (tertiary/aromatic N) is 3. The number of rotatable bonds is 5. The van der Waals surface area contributed by atoms with Crippen LogP contribution in [0.4, 0.5) is 35.2 Å². The second-order valence-corrected chi connectivity index (χ2v) is 12.0. The number of fused-ring (bicyclic) bond motifs is 2. The number of hydrogen-bond acceptors (Lipinski definition) is 7. The van der Waals surface area contributed by atoms with Gasteiger partial charge in [-0.1, -0.05) is 18.2 Å². The SMILES string of the molecule is CC1(C)CC2CC[C@@H](C(=O)Nc3cc(C(F)(F)F)ccc3-c3cc(Nc4cccc5c4CC(O)CC5)ncn3)N2C(=O)O1. The van der Waals surface area contributed by atoms with Crippen LogP contribution < -0.4 is 10.6 Å². The number of aromatic nitrogens is 2. The van der Waals surface area contributed by atoms with Gasteiger partial charge in [0.05, 0.1) is 23.0 Å². The quantitative estimate of drug-likeness (QED) is 0.339. The summed E-state index contributed by atoms with van der Waals surface area (Å²) in [5, 5.41) is 16.1. The number of benzene rings is 2. The van der Waals surface area contributed by atoms with E-state index in [9.17, 15) is 27.9 Å². The molecular weight excluding hydrogens is 563 g/mol. The molecule has 2 unspecified atom stereocenters. The normalized spacial score (nSPS) is 22.8. The van der Waals surface area contributed by atoms with Gasteiger partial charge in [-0.2, -0.15) is 13.2 Å². The van der Waals surface area contributed by atoms with Crippen molar-refractivity contribution >= 4 is 29.2 Å². The average molecular weight is 596 g/mol. The van der Waals surface area contributed by atoms with Crippen LogP contribution in [0.3, 0.4) is 0 Å². The van der Waals surface area contributed by atoms with Crippen LogP contribution in [0.25, 0.3) is 11.3 Å². The molecule has 2 saturated heterocycles. The molecule has 0 bridgehead atoms. The monoisotopic (exact) mass is 595 g/mol. The summed E-state index contributed by atoms with van der Waals surface area (Å²) in [6.07, 6.45) is -0.951. The highest BCUT2D eigenvalue weighted by Crippen LogP contribution is 2.39. The number of aliphatic hydroxyl groups excluding tert-OH is 1. The van der Waals surface area contributed by atoms with Crippen molar-refractivity contribution in [3.8, 4) is 11.3 Å². The van der Waals surface area contributed by atoms with Crippen molar-refractivity contribution in [3.63, 3.8) is 0 Å². The molecule has 2 fully saturated rings. The maximum absolute atomic E-state index is 13.7. The molecule has 2 aliphatic heterocycles. The lowest BCUT2D eigenvalue weighted by Gasteiger charge is -2.41. The van der Waals surface area contributed by atoms with Gasteiger partial charge in [0.2, 0.25) is 5.91 Å². The highest BCUT2D eigenvalue weighted by atomic mass is 19.4. The van der Waals surface area contributed by atoms with E-state index in [1.54, 1.807) is 6.07 Å². The predicted molar refractivity (Wildman–Crippen MR) is 153 cm³/mol. The van der Waals surface area contributed by atoms with E-state index in [0.717, 1.165) is 35.4 Å². The van der Waals surface area contributed by atoms with Gasteiger partial charge in [-0.15, -0.1) is 0 Å². The summed E-state index contributed by atoms with van der Waals surface area (Å²) in [7, 11) is 0. The van der Waals surface area contributed by atoms with Gasteiger partial charge in [-0.25, -0.2) is 14.8 Å². The number of carbonyl (C=O) groups excluding carboxylic acids is 2. The molecule has 3 aromatic rings. The third kappa shape index (κ3) is 5.88. The lowest BCUT2D eigenvalue weighted by molar-refractivity contribution is -0.137. The van der Waals surface area contributed by atoms with Crippen LogP contribution in [-0.2, 0) is 28.5 Å². The smallest absolute Gasteiger partial charge is 0.416 e. The van der Waals surface area contributed by atoms with E-state index >= 15 is 0 Å². The summed E-state index contributed by atoms with van der Waals surface area (Å²) >= 11 is 0. The van der Waals surface area contributed by atoms with E-state index in [1.165, 1.54) is 17.3 Å². The van der Waals surface area contributed by atoms with Crippen molar-refractivity contribution in [2.24, 2.45) is 0 Å². The minimum atomic E-state index is -4.64. The number of anilines is 3. The predicted octanol–water partition coefficient (Wildman–Crippen LogP) is 5.85. The van der Waals surface area contributed by atoms with Crippen molar-refractivity contribution in [2.75, 3.05) is 10.6 Å². The molecule has 226 valence electrons. The van der Waals surface area contributed by atoms with E-state index in [4.69, 9.17) is 4.74 Å². The molecule has 3 N–H and O–H groups in total. The molecule has 0 spiro atoms. The number of ether oxygens (including phenoxy) is 1. The minimum absolute atomic E-state index is 0.0844. The molecule has 6 rings (SSSR count). The van der Waals surface area contributed by atoms with Crippen LogP contribution >= 0.6 is 0 Å². The molecule has 0 saturated carbocycles.